The van der Waals surface area contributed by atoms with E-state index in [1.165, 1.54) is 22.3 Å². The smallest absolute Gasteiger partial charge is 0.125 e. The molecule has 0 aliphatic carbocycles. The van der Waals surface area contributed by atoms with Gasteiger partial charge in [-0.25, -0.2) is 0 Å². The molecule has 0 bridgehead atoms. The minimum absolute atomic E-state index is 0.267. The summed E-state index contributed by atoms with van der Waals surface area (Å²) in [7, 11) is 0. The van der Waals surface area contributed by atoms with Crippen LogP contribution in [0.2, 0.25) is 0 Å². The fraction of sp³-hybridized carbons (Fsp3) is 0.308. The predicted octanol–water partition coefficient (Wildman–Crippen LogP) is 5.19. The van der Waals surface area contributed by atoms with E-state index in [1.54, 1.807) is 0 Å². The van der Waals surface area contributed by atoms with Gasteiger partial charge in [0.25, 0.3) is 0 Å². The van der Waals surface area contributed by atoms with E-state index >= 15 is 0 Å². The molecule has 0 N–H and O–H groups in total. The molecule has 2 heterocycles. The lowest BCUT2D eigenvalue weighted by molar-refractivity contribution is 0.260. The van der Waals surface area contributed by atoms with Gasteiger partial charge in [0.1, 0.15) is 36.9 Å². The first-order valence-electron chi connectivity index (χ1n) is 10.5. The summed E-state index contributed by atoms with van der Waals surface area (Å²) in [6.45, 7) is 7.10. The maximum Gasteiger partial charge on any atom is 0.125 e. The van der Waals surface area contributed by atoms with Crippen molar-refractivity contribution in [2.75, 3.05) is 26.4 Å². The average Bonchev–Trinajstić information content (AvgIpc) is 3.67. The van der Waals surface area contributed by atoms with Crippen molar-refractivity contribution in [3.63, 3.8) is 0 Å². The Morgan fingerprint density at radius 1 is 0.667 bits per heavy atom. The van der Waals surface area contributed by atoms with Crippen LogP contribution in [0.4, 0.5) is 0 Å². The van der Waals surface area contributed by atoms with E-state index in [-0.39, 0.29) is 12.2 Å². The third kappa shape index (κ3) is 4.50. The fourth-order valence-corrected chi connectivity index (χ4v) is 3.64. The number of aryl methyl sites for hydroxylation is 2. The second-order valence-electron chi connectivity index (χ2n) is 8.07. The van der Waals surface area contributed by atoms with Crippen molar-refractivity contribution in [2.24, 2.45) is 0 Å². The number of epoxide rings is 2. The second kappa shape index (κ2) is 8.13. The van der Waals surface area contributed by atoms with Gasteiger partial charge in [0, 0.05) is 0 Å². The molecule has 3 aromatic rings. The van der Waals surface area contributed by atoms with Gasteiger partial charge in [-0.15, -0.1) is 0 Å². The Labute approximate surface area is 177 Å². The molecule has 2 aliphatic heterocycles. The molecule has 2 saturated heterocycles. The molecule has 154 valence electrons. The summed E-state index contributed by atoms with van der Waals surface area (Å²) in [5.74, 6) is 1.86. The van der Waals surface area contributed by atoms with E-state index in [4.69, 9.17) is 18.9 Å². The third-order valence-corrected chi connectivity index (χ3v) is 5.52. The third-order valence-electron chi connectivity index (χ3n) is 5.52. The Morgan fingerprint density at radius 2 is 1.10 bits per heavy atom. The van der Waals surface area contributed by atoms with Crippen LogP contribution in [0, 0.1) is 13.8 Å². The molecule has 2 fully saturated rings. The van der Waals surface area contributed by atoms with Crippen LogP contribution in [0.25, 0.3) is 22.3 Å². The Morgan fingerprint density at radius 3 is 1.60 bits per heavy atom. The summed E-state index contributed by atoms with van der Waals surface area (Å²) in [5.41, 5.74) is 7.08. The van der Waals surface area contributed by atoms with Crippen LogP contribution >= 0.6 is 0 Å². The normalized spacial score (nSPS) is 19.4. The van der Waals surface area contributed by atoms with Gasteiger partial charge < -0.3 is 18.9 Å². The van der Waals surface area contributed by atoms with Crippen LogP contribution < -0.4 is 9.47 Å². The highest BCUT2D eigenvalue weighted by atomic mass is 16.6. The zero-order chi connectivity index (χ0) is 20.5. The van der Waals surface area contributed by atoms with Crippen LogP contribution in [-0.2, 0) is 9.47 Å². The van der Waals surface area contributed by atoms with Crippen molar-refractivity contribution < 1.29 is 18.9 Å². The molecule has 5 rings (SSSR count). The van der Waals surface area contributed by atoms with Gasteiger partial charge >= 0.3 is 0 Å². The average molecular weight is 402 g/mol. The maximum absolute atomic E-state index is 5.96. The van der Waals surface area contributed by atoms with Gasteiger partial charge in [0.15, 0.2) is 0 Å². The summed E-state index contributed by atoms with van der Waals surface area (Å²) in [6.07, 6.45) is 0.543. The van der Waals surface area contributed by atoms with Crippen molar-refractivity contribution in [3.8, 4) is 33.8 Å². The van der Waals surface area contributed by atoms with E-state index in [9.17, 15) is 0 Å². The van der Waals surface area contributed by atoms with Crippen molar-refractivity contribution in [1.82, 2.24) is 0 Å². The van der Waals surface area contributed by atoms with E-state index in [0.29, 0.717) is 13.2 Å². The Hall–Kier alpha value is -2.82. The van der Waals surface area contributed by atoms with Gasteiger partial charge in [-0.1, -0.05) is 36.4 Å². The summed E-state index contributed by atoms with van der Waals surface area (Å²) in [5, 5.41) is 0. The Bertz CT molecular complexity index is 993. The highest BCUT2D eigenvalue weighted by molar-refractivity contribution is 5.72. The van der Waals surface area contributed by atoms with E-state index in [2.05, 4.69) is 62.4 Å². The van der Waals surface area contributed by atoms with E-state index < -0.39 is 0 Å². The van der Waals surface area contributed by atoms with E-state index in [1.807, 2.05) is 12.1 Å². The standard InChI is InChI=1S/C26H26O4/c1-17-11-22(12-18(2)26(17)30-16-25-15-29-25)21-5-3-19(4-6-21)20-7-9-23(10-8-20)27-13-24-14-28-24/h3-12,24-25H,13-16H2,1-2H3. The molecule has 4 nitrogen and oxygen atoms in total. The first kappa shape index (κ1) is 19.2. The molecule has 0 aromatic heterocycles. The molecular weight excluding hydrogens is 376 g/mol. The molecular formula is C26H26O4. The topological polar surface area (TPSA) is 43.5 Å². The van der Waals surface area contributed by atoms with Crippen molar-refractivity contribution in [1.29, 1.82) is 0 Å². The largest absolute Gasteiger partial charge is 0.491 e. The fourth-order valence-electron chi connectivity index (χ4n) is 3.64. The molecule has 2 unspecified atom stereocenters. The highest BCUT2D eigenvalue weighted by Crippen LogP contribution is 2.32. The molecule has 0 amide bonds. The van der Waals surface area contributed by atoms with Crippen LogP contribution in [0.1, 0.15) is 11.1 Å². The Kier molecular flexibility index (Phi) is 5.19. The summed E-state index contributed by atoms with van der Waals surface area (Å²) in [4.78, 5) is 0. The first-order valence-corrected chi connectivity index (χ1v) is 10.5. The summed E-state index contributed by atoms with van der Waals surface area (Å²) >= 11 is 0. The second-order valence-corrected chi connectivity index (χ2v) is 8.07. The van der Waals surface area contributed by atoms with Gasteiger partial charge in [0.05, 0.1) is 13.2 Å². The van der Waals surface area contributed by atoms with Crippen molar-refractivity contribution in [3.05, 3.63) is 71.8 Å². The quantitative estimate of drug-likeness (QED) is 0.486. The lowest BCUT2D eigenvalue weighted by Crippen LogP contribution is -2.06. The zero-order valence-electron chi connectivity index (χ0n) is 17.4. The van der Waals surface area contributed by atoms with Gasteiger partial charge in [0.2, 0.25) is 0 Å². The lowest BCUT2D eigenvalue weighted by Gasteiger charge is -2.14. The van der Waals surface area contributed by atoms with Crippen LogP contribution in [-0.4, -0.2) is 38.6 Å². The Balaban J connectivity index is 1.29. The van der Waals surface area contributed by atoms with Gasteiger partial charge in [-0.05, 0) is 71.5 Å². The minimum Gasteiger partial charge on any atom is -0.491 e. The molecule has 4 heteroatoms. The number of hydrogen-bond donors (Lipinski definition) is 0. The van der Waals surface area contributed by atoms with Crippen LogP contribution in [0.15, 0.2) is 60.7 Å². The van der Waals surface area contributed by atoms with Gasteiger partial charge in [-0.2, -0.15) is 0 Å². The van der Waals surface area contributed by atoms with Gasteiger partial charge in [-0.3, -0.25) is 0 Å². The lowest BCUT2D eigenvalue weighted by atomic mass is 9.97. The zero-order valence-corrected chi connectivity index (χ0v) is 17.4. The number of rotatable bonds is 8. The molecule has 30 heavy (non-hydrogen) atoms. The number of ether oxygens (including phenoxy) is 4. The van der Waals surface area contributed by atoms with Crippen LogP contribution in [0.3, 0.4) is 0 Å². The van der Waals surface area contributed by atoms with Crippen molar-refractivity contribution in [2.45, 2.75) is 26.1 Å². The van der Waals surface area contributed by atoms with E-state index in [0.717, 1.165) is 35.8 Å². The predicted molar refractivity (Wildman–Crippen MR) is 117 cm³/mol. The minimum atomic E-state index is 0.267. The summed E-state index contributed by atoms with van der Waals surface area (Å²) < 4.78 is 22.1. The first-order chi connectivity index (χ1) is 14.7. The maximum atomic E-state index is 5.96. The summed E-state index contributed by atoms with van der Waals surface area (Å²) in [6, 6.07) is 21.3. The molecule has 2 aliphatic rings. The highest BCUT2D eigenvalue weighted by Gasteiger charge is 2.24. The molecule has 0 saturated carbocycles. The molecule has 2 atom stereocenters. The number of benzene rings is 3. The molecule has 3 aromatic carbocycles. The van der Waals surface area contributed by atoms with Crippen molar-refractivity contribution >= 4 is 0 Å². The number of hydrogen-bond acceptors (Lipinski definition) is 4. The SMILES string of the molecule is Cc1cc(-c2ccc(-c3ccc(OCC4CO4)cc3)cc2)cc(C)c1OCC1CO1. The monoisotopic (exact) mass is 402 g/mol. The van der Waals surface area contributed by atoms with Crippen LogP contribution in [0.5, 0.6) is 11.5 Å². The molecule has 0 radical (unpaired) electrons. The molecule has 0 spiro atoms.